The molecular formula is C14H17FO4S. The van der Waals surface area contributed by atoms with E-state index < -0.39 is 32.4 Å². The summed E-state index contributed by atoms with van der Waals surface area (Å²) in [6, 6.07) is 3.73. The second-order valence-corrected chi connectivity index (χ2v) is 7.27. The second-order valence-electron chi connectivity index (χ2n) is 4.99. The number of carbonyl (C=O) groups is 1. The highest BCUT2D eigenvalue weighted by Gasteiger charge is 2.31. The van der Waals surface area contributed by atoms with Crippen molar-refractivity contribution in [1.29, 1.82) is 0 Å². The molecule has 1 aliphatic rings. The van der Waals surface area contributed by atoms with Crippen LogP contribution in [0.25, 0.3) is 0 Å². The molecule has 0 aromatic heterocycles. The molecule has 0 unspecified atom stereocenters. The summed E-state index contributed by atoms with van der Waals surface area (Å²) in [6.45, 7) is 0. The van der Waals surface area contributed by atoms with Crippen LogP contribution in [0.1, 0.15) is 36.0 Å². The summed E-state index contributed by atoms with van der Waals surface area (Å²) in [4.78, 5) is 12.0. The van der Waals surface area contributed by atoms with Gasteiger partial charge < -0.3 is 4.74 Å². The van der Waals surface area contributed by atoms with Crippen molar-refractivity contribution in [3.63, 3.8) is 0 Å². The molecule has 1 aromatic carbocycles. The van der Waals surface area contributed by atoms with Crippen LogP contribution in [-0.2, 0) is 9.84 Å². The second kappa shape index (κ2) is 5.91. The standard InChI is InChI=1S/C14H17FO4S/c1-19-14-7-6-10(8-12(14)15)13(16)9-20(17,18)11-4-2-3-5-11/h6-8,11H,2-5,9H2,1H3. The van der Waals surface area contributed by atoms with Gasteiger partial charge >= 0.3 is 0 Å². The summed E-state index contributed by atoms with van der Waals surface area (Å²) < 4.78 is 42.4. The third-order valence-corrected chi connectivity index (χ3v) is 5.77. The van der Waals surface area contributed by atoms with Gasteiger partial charge in [0.1, 0.15) is 5.75 Å². The lowest BCUT2D eigenvalue weighted by atomic mass is 10.1. The number of methoxy groups -OCH3 is 1. The zero-order valence-corrected chi connectivity index (χ0v) is 12.1. The molecule has 0 N–H and O–H groups in total. The quantitative estimate of drug-likeness (QED) is 0.783. The number of sulfone groups is 1. The first kappa shape index (κ1) is 15.0. The molecule has 110 valence electrons. The minimum Gasteiger partial charge on any atom is -0.494 e. The van der Waals surface area contributed by atoms with Gasteiger partial charge in [-0.2, -0.15) is 0 Å². The summed E-state index contributed by atoms with van der Waals surface area (Å²) >= 11 is 0. The summed E-state index contributed by atoms with van der Waals surface area (Å²) in [5, 5.41) is -0.422. The molecule has 4 nitrogen and oxygen atoms in total. The summed E-state index contributed by atoms with van der Waals surface area (Å²) in [5.74, 6) is -1.76. The highest BCUT2D eigenvalue weighted by Crippen LogP contribution is 2.26. The smallest absolute Gasteiger partial charge is 0.177 e. The number of hydrogen-bond donors (Lipinski definition) is 0. The zero-order chi connectivity index (χ0) is 14.8. The van der Waals surface area contributed by atoms with Gasteiger partial charge in [-0.3, -0.25) is 4.79 Å². The van der Waals surface area contributed by atoms with Crippen LogP contribution < -0.4 is 4.74 Å². The Labute approximate surface area is 117 Å². The van der Waals surface area contributed by atoms with Crippen molar-refractivity contribution < 1.29 is 22.3 Å². The monoisotopic (exact) mass is 300 g/mol. The lowest BCUT2D eigenvalue weighted by molar-refractivity contribution is 0.102. The van der Waals surface area contributed by atoms with Crippen LogP contribution in [0.15, 0.2) is 18.2 Å². The van der Waals surface area contributed by atoms with Crippen LogP contribution in [0.4, 0.5) is 4.39 Å². The van der Waals surface area contributed by atoms with Crippen molar-refractivity contribution in [2.24, 2.45) is 0 Å². The third kappa shape index (κ3) is 3.17. The Morgan fingerprint density at radius 1 is 1.35 bits per heavy atom. The first-order chi connectivity index (χ1) is 9.44. The van der Waals surface area contributed by atoms with Crippen LogP contribution in [0, 0.1) is 5.82 Å². The number of Topliss-reactive ketones (excluding diaryl/α,β-unsaturated/α-hetero) is 1. The van der Waals surface area contributed by atoms with Crippen LogP contribution in [0.2, 0.25) is 0 Å². The Kier molecular flexibility index (Phi) is 4.42. The van der Waals surface area contributed by atoms with Crippen LogP contribution in [-0.4, -0.2) is 32.3 Å². The molecule has 0 atom stereocenters. The Balaban J connectivity index is 2.13. The number of carbonyl (C=O) groups excluding carboxylic acids is 1. The van der Waals surface area contributed by atoms with E-state index in [1.54, 1.807) is 0 Å². The highest BCUT2D eigenvalue weighted by atomic mass is 32.2. The number of hydrogen-bond acceptors (Lipinski definition) is 4. The topological polar surface area (TPSA) is 60.4 Å². The first-order valence-electron chi connectivity index (χ1n) is 6.52. The van der Waals surface area contributed by atoms with E-state index in [9.17, 15) is 17.6 Å². The predicted octanol–water partition coefficient (Wildman–Crippen LogP) is 2.37. The summed E-state index contributed by atoms with van der Waals surface area (Å²) in [6.07, 6.45) is 3.00. The number of rotatable bonds is 5. The fraction of sp³-hybridized carbons (Fsp3) is 0.500. The summed E-state index contributed by atoms with van der Waals surface area (Å²) in [7, 11) is -2.12. The van der Waals surface area contributed by atoms with E-state index in [-0.39, 0.29) is 11.3 Å². The molecule has 0 amide bonds. The van der Waals surface area contributed by atoms with E-state index in [0.29, 0.717) is 12.8 Å². The molecule has 0 saturated heterocycles. The van der Waals surface area contributed by atoms with E-state index in [0.717, 1.165) is 18.9 Å². The fourth-order valence-corrected chi connectivity index (χ4v) is 4.29. The van der Waals surface area contributed by atoms with E-state index in [2.05, 4.69) is 0 Å². The predicted molar refractivity (Wildman–Crippen MR) is 73.3 cm³/mol. The lowest BCUT2D eigenvalue weighted by Crippen LogP contribution is -2.26. The van der Waals surface area contributed by atoms with Gasteiger partial charge in [-0.1, -0.05) is 12.8 Å². The molecule has 0 radical (unpaired) electrons. The minimum absolute atomic E-state index is 0.0280. The maximum absolute atomic E-state index is 13.5. The average molecular weight is 300 g/mol. The molecule has 0 heterocycles. The number of benzene rings is 1. The summed E-state index contributed by atoms with van der Waals surface area (Å²) in [5.41, 5.74) is 0.0601. The van der Waals surface area contributed by atoms with E-state index >= 15 is 0 Å². The molecule has 2 rings (SSSR count). The number of ether oxygens (including phenoxy) is 1. The van der Waals surface area contributed by atoms with Crippen LogP contribution in [0.5, 0.6) is 5.75 Å². The Bertz CT molecular complexity index is 604. The van der Waals surface area contributed by atoms with Gasteiger partial charge in [0.15, 0.2) is 27.2 Å². The van der Waals surface area contributed by atoms with Gasteiger partial charge in [0.25, 0.3) is 0 Å². The Morgan fingerprint density at radius 2 is 2.00 bits per heavy atom. The van der Waals surface area contributed by atoms with E-state index in [1.165, 1.54) is 19.2 Å². The maximum Gasteiger partial charge on any atom is 0.177 e. The average Bonchev–Trinajstić information content (AvgIpc) is 2.92. The molecular weight excluding hydrogens is 283 g/mol. The molecule has 6 heteroatoms. The van der Waals surface area contributed by atoms with E-state index in [4.69, 9.17) is 4.74 Å². The first-order valence-corrected chi connectivity index (χ1v) is 8.24. The molecule has 1 fully saturated rings. The van der Waals surface area contributed by atoms with Crippen molar-refractivity contribution >= 4 is 15.6 Å². The van der Waals surface area contributed by atoms with Gasteiger partial charge in [-0.05, 0) is 31.0 Å². The van der Waals surface area contributed by atoms with Crippen LogP contribution in [0.3, 0.4) is 0 Å². The van der Waals surface area contributed by atoms with Gasteiger partial charge in [0.05, 0.1) is 12.4 Å². The van der Waals surface area contributed by atoms with Crippen molar-refractivity contribution in [3.8, 4) is 5.75 Å². The molecule has 0 spiro atoms. The largest absolute Gasteiger partial charge is 0.494 e. The third-order valence-electron chi connectivity index (χ3n) is 3.62. The molecule has 0 bridgehead atoms. The van der Waals surface area contributed by atoms with Crippen molar-refractivity contribution in [2.45, 2.75) is 30.9 Å². The maximum atomic E-state index is 13.5. The van der Waals surface area contributed by atoms with Gasteiger partial charge in [-0.25, -0.2) is 12.8 Å². The normalized spacial score (nSPS) is 16.3. The SMILES string of the molecule is COc1ccc(C(=O)CS(=O)(=O)C2CCCC2)cc1F. The number of halogens is 1. The zero-order valence-electron chi connectivity index (χ0n) is 11.3. The Morgan fingerprint density at radius 3 is 2.55 bits per heavy atom. The van der Waals surface area contributed by atoms with Gasteiger partial charge in [0, 0.05) is 5.56 Å². The molecule has 1 aromatic rings. The highest BCUT2D eigenvalue weighted by molar-refractivity contribution is 7.92. The van der Waals surface area contributed by atoms with Crippen molar-refractivity contribution in [2.75, 3.05) is 12.9 Å². The fourth-order valence-electron chi connectivity index (χ4n) is 2.47. The van der Waals surface area contributed by atoms with Gasteiger partial charge in [0.2, 0.25) is 0 Å². The van der Waals surface area contributed by atoms with Gasteiger partial charge in [-0.15, -0.1) is 0 Å². The molecule has 1 aliphatic carbocycles. The molecule has 1 saturated carbocycles. The number of ketones is 1. The van der Waals surface area contributed by atoms with E-state index in [1.807, 2.05) is 0 Å². The Hall–Kier alpha value is -1.43. The molecule has 20 heavy (non-hydrogen) atoms. The van der Waals surface area contributed by atoms with Crippen molar-refractivity contribution in [1.82, 2.24) is 0 Å². The lowest BCUT2D eigenvalue weighted by Gasteiger charge is -2.10. The van der Waals surface area contributed by atoms with Crippen LogP contribution >= 0.6 is 0 Å². The molecule has 0 aliphatic heterocycles. The van der Waals surface area contributed by atoms with Crippen molar-refractivity contribution in [3.05, 3.63) is 29.6 Å². The minimum atomic E-state index is -3.44.